The summed E-state index contributed by atoms with van der Waals surface area (Å²) in [5, 5.41) is 0. The molecule has 2 atom stereocenters. The Morgan fingerprint density at radius 3 is 2.32 bits per heavy atom. The fraction of sp³-hybridized carbons (Fsp3) is 0.538. The van der Waals surface area contributed by atoms with E-state index in [9.17, 15) is 4.39 Å². The zero-order valence-corrected chi connectivity index (χ0v) is 12.8. The van der Waals surface area contributed by atoms with Gasteiger partial charge in [-0.25, -0.2) is 0 Å². The van der Waals surface area contributed by atoms with Crippen molar-refractivity contribution in [2.75, 3.05) is 0 Å². The highest BCUT2D eigenvalue weighted by Crippen LogP contribution is 2.36. The van der Waals surface area contributed by atoms with Gasteiger partial charge in [-0.05, 0) is 45.3 Å². The fourth-order valence-electron chi connectivity index (χ4n) is 1.84. The van der Waals surface area contributed by atoms with Gasteiger partial charge in [0.05, 0.1) is 11.2 Å². The number of benzene rings is 1. The number of halogens is 1. The van der Waals surface area contributed by atoms with E-state index in [4.69, 9.17) is 14.0 Å². The van der Waals surface area contributed by atoms with E-state index in [1.54, 1.807) is 18.2 Å². The monoisotopic (exact) mass is 284 g/mol. The second-order valence-corrected chi connectivity index (χ2v) is 6.15. The molecule has 1 aromatic carbocycles. The Bertz CT molecular complexity index is 449. The summed E-state index contributed by atoms with van der Waals surface area (Å²) in [6, 6.07) is 7.11. The van der Waals surface area contributed by atoms with Crippen molar-refractivity contribution in [1.29, 1.82) is 0 Å². The maximum Gasteiger partial charge on any atom is 0.494 e. The largest absolute Gasteiger partial charge is 0.494 e. The summed E-state index contributed by atoms with van der Waals surface area (Å²) in [4.78, 5) is 0. The maximum atomic E-state index is 12.8. The highest BCUT2D eigenvalue weighted by atomic mass is 31.0. The van der Waals surface area contributed by atoms with Gasteiger partial charge in [0.2, 0.25) is 6.10 Å². The van der Waals surface area contributed by atoms with Gasteiger partial charge in [-0.1, -0.05) is 21.4 Å². The van der Waals surface area contributed by atoms with Crippen molar-refractivity contribution in [3.63, 3.8) is 0 Å². The third kappa shape index (κ3) is 3.10. The second-order valence-electron chi connectivity index (χ2n) is 5.63. The lowest BCUT2D eigenvalue weighted by Crippen LogP contribution is -2.41. The lowest BCUT2D eigenvalue weighted by atomic mass is 9.79. The summed E-state index contributed by atoms with van der Waals surface area (Å²) < 4.78 is 29.7. The number of alkyl halides is 1. The summed E-state index contributed by atoms with van der Waals surface area (Å²) >= 11 is 0. The third-order valence-electron chi connectivity index (χ3n) is 3.63. The summed E-state index contributed by atoms with van der Waals surface area (Å²) in [7, 11) is 1.49. The van der Waals surface area contributed by atoms with Crippen molar-refractivity contribution < 1.29 is 18.4 Å². The molecule has 2 rings (SSSR count). The minimum absolute atomic E-state index is 0.391. The summed E-state index contributed by atoms with van der Waals surface area (Å²) in [5.74, 6) is 0.453. The van der Waals surface area contributed by atoms with Crippen molar-refractivity contribution in [2.45, 2.75) is 45.0 Å². The van der Waals surface area contributed by atoms with E-state index >= 15 is 0 Å². The van der Waals surface area contributed by atoms with Gasteiger partial charge < -0.3 is 14.0 Å². The van der Waals surface area contributed by atoms with Crippen molar-refractivity contribution in [3.8, 4) is 5.75 Å². The highest BCUT2D eigenvalue weighted by Gasteiger charge is 2.51. The molecule has 3 nitrogen and oxygen atoms in total. The molecule has 0 saturated carbocycles. The van der Waals surface area contributed by atoms with Gasteiger partial charge in [0, 0.05) is 0 Å². The topological polar surface area (TPSA) is 27.7 Å². The molecule has 0 aromatic heterocycles. The standard InChI is InChI=1S/C13H19BFO3P/c1-12(2)13(3,4)18-14(17-12)9-6-5-7-10(8-9)16-11(15)19/h5-8,11H,19H2,1-4H3. The van der Waals surface area contributed by atoms with Crippen molar-refractivity contribution in [3.05, 3.63) is 24.3 Å². The number of hydrogen-bond acceptors (Lipinski definition) is 3. The molecule has 0 aliphatic carbocycles. The molecule has 1 aliphatic rings. The van der Waals surface area contributed by atoms with Gasteiger partial charge in [0.15, 0.2) is 0 Å². The smallest absolute Gasteiger partial charge is 0.457 e. The van der Waals surface area contributed by atoms with E-state index < -0.39 is 24.4 Å². The lowest BCUT2D eigenvalue weighted by Gasteiger charge is -2.32. The Morgan fingerprint density at radius 1 is 1.21 bits per heavy atom. The quantitative estimate of drug-likeness (QED) is 0.630. The Labute approximate surface area is 116 Å². The van der Waals surface area contributed by atoms with Crippen molar-refractivity contribution >= 4 is 21.8 Å². The minimum Gasteiger partial charge on any atom is -0.457 e. The highest BCUT2D eigenvalue weighted by molar-refractivity contribution is 7.16. The van der Waals surface area contributed by atoms with Crippen LogP contribution < -0.4 is 10.2 Å². The molecule has 0 bridgehead atoms. The molecule has 0 amide bonds. The number of hydrogen-bond donors (Lipinski definition) is 0. The SMILES string of the molecule is CC1(C)OB(c2cccc(OC(F)P)c2)OC1(C)C. The van der Waals surface area contributed by atoms with Gasteiger partial charge in [-0.3, -0.25) is 0 Å². The predicted octanol–water partition coefficient (Wildman–Crippen LogP) is 2.49. The zero-order chi connectivity index (χ0) is 14.3. The number of rotatable bonds is 3. The summed E-state index contributed by atoms with van der Waals surface area (Å²) in [6.45, 7) is 7.97. The lowest BCUT2D eigenvalue weighted by molar-refractivity contribution is 0.00578. The third-order valence-corrected chi connectivity index (χ3v) is 3.77. The Hall–Kier alpha value is -0.635. The average Bonchev–Trinajstić information content (AvgIpc) is 2.47. The van der Waals surface area contributed by atoms with Crippen LogP contribution in [0.2, 0.25) is 0 Å². The molecule has 1 fully saturated rings. The Kier molecular flexibility index (Phi) is 3.92. The van der Waals surface area contributed by atoms with E-state index in [1.807, 2.05) is 43.0 Å². The van der Waals surface area contributed by atoms with Crippen LogP contribution in [0, 0.1) is 0 Å². The van der Waals surface area contributed by atoms with E-state index in [2.05, 4.69) is 0 Å². The van der Waals surface area contributed by atoms with Crippen LogP contribution >= 0.6 is 9.24 Å². The molecule has 2 unspecified atom stereocenters. The minimum atomic E-state index is -1.42. The summed E-state index contributed by atoms with van der Waals surface area (Å²) in [6.07, 6.45) is -1.42. The first-order valence-electron chi connectivity index (χ1n) is 6.23. The maximum absolute atomic E-state index is 12.8. The molecule has 0 radical (unpaired) electrons. The Morgan fingerprint density at radius 2 is 1.79 bits per heavy atom. The fourth-order valence-corrected chi connectivity index (χ4v) is 2.00. The van der Waals surface area contributed by atoms with Crippen LogP contribution in [0.15, 0.2) is 24.3 Å². The first kappa shape index (κ1) is 14.8. The van der Waals surface area contributed by atoms with Crippen molar-refractivity contribution in [1.82, 2.24) is 0 Å². The van der Waals surface area contributed by atoms with Gasteiger partial charge in [0.1, 0.15) is 5.75 Å². The normalized spacial score (nSPS) is 22.3. The molecule has 0 spiro atoms. The second kappa shape index (κ2) is 5.04. The van der Waals surface area contributed by atoms with E-state index in [0.29, 0.717) is 5.75 Å². The van der Waals surface area contributed by atoms with Crippen LogP contribution in [0.5, 0.6) is 5.75 Å². The molecule has 0 N–H and O–H groups in total. The van der Waals surface area contributed by atoms with Crippen LogP contribution in [-0.4, -0.2) is 24.4 Å². The van der Waals surface area contributed by atoms with Gasteiger partial charge >= 0.3 is 7.12 Å². The molecular formula is C13H19BFO3P. The molecule has 6 heteroatoms. The molecule has 104 valence electrons. The van der Waals surface area contributed by atoms with Crippen molar-refractivity contribution in [2.24, 2.45) is 0 Å². The molecule has 1 saturated heterocycles. The van der Waals surface area contributed by atoms with Crippen LogP contribution in [0.3, 0.4) is 0 Å². The molecule has 19 heavy (non-hydrogen) atoms. The first-order valence-corrected chi connectivity index (χ1v) is 6.90. The van der Waals surface area contributed by atoms with E-state index in [0.717, 1.165) is 5.46 Å². The molecule has 1 aromatic rings. The Balaban J connectivity index is 2.20. The van der Waals surface area contributed by atoms with Gasteiger partial charge in [-0.2, -0.15) is 4.39 Å². The molecule has 1 aliphatic heterocycles. The van der Waals surface area contributed by atoms with Gasteiger partial charge in [-0.15, -0.1) is 0 Å². The van der Waals surface area contributed by atoms with Crippen LogP contribution in [-0.2, 0) is 9.31 Å². The summed E-state index contributed by atoms with van der Waals surface area (Å²) in [5.41, 5.74) is 0.0389. The van der Waals surface area contributed by atoms with Crippen LogP contribution in [0.4, 0.5) is 4.39 Å². The van der Waals surface area contributed by atoms with E-state index in [-0.39, 0.29) is 0 Å². The van der Waals surface area contributed by atoms with E-state index in [1.165, 1.54) is 0 Å². The average molecular weight is 284 g/mol. The zero-order valence-electron chi connectivity index (χ0n) is 11.6. The first-order chi connectivity index (χ1) is 8.71. The predicted molar refractivity (Wildman–Crippen MR) is 77.4 cm³/mol. The van der Waals surface area contributed by atoms with Crippen LogP contribution in [0.25, 0.3) is 0 Å². The van der Waals surface area contributed by atoms with Crippen LogP contribution in [0.1, 0.15) is 27.7 Å². The molecule has 1 heterocycles. The van der Waals surface area contributed by atoms with Gasteiger partial charge in [0.25, 0.3) is 0 Å². The number of ether oxygens (including phenoxy) is 1. The molecular weight excluding hydrogens is 265 g/mol.